The fourth-order valence-electron chi connectivity index (χ4n) is 2.40. The van der Waals surface area contributed by atoms with E-state index in [0.717, 1.165) is 6.42 Å². The number of aliphatic carboxylic acids is 1. The molecule has 17 heavy (non-hydrogen) atoms. The number of carboxylic acids is 1. The summed E-state index contributed by atoms with van der Waals surface area (Å²) in [6, 6.07) is 6.61. The third kappa shape index (κ3) is 2.50. The number of carbonyl (C=O) groups is 2. The highest BCUT2D eigenvalue weighted by Crippen LogP contribution is 2.34. The number of hydrogen-bond acceptors (Lipinski definition) is 2. The number of ketones is 1. The lowest BCUT2D eigenvalue weighted by Gasteiger charge is -2.14. The van der Waals surface area contributed by atoms with Gasteiger partial charge in [0.2, 0.25) is 0 Å². The Morgan fingerprint density at radius 2 is 1.71 bits per heavy atom. The number of carbonyl (C=O) groups excluding carboxylic acids is 1. The van der Waals surface area contributed by atoms with E-state index in [9.17, 15) is 9.59 Å². The van der Waals surface area contributed by atoms with Crippen molar-refractivity contribution in [3.05, 3.63) is 34.9 Å². The van der Waals surface area contributed by atoms with Crippen LogP contribution in [0.2, 0.25) is 5.02 Å². The van der Waals surface area contributed by atoms with Crippen LogP contribution < -0.4 is 0 Å². The molecule has 0 saturated heterocycles. The van der Waals surface area contributed by atoms with Crippen molar-refractivity contribution in [1.82, 2.24) is 0 Å². The smallest absolute Gasteiger partial charge is 0.307 e. The van der Waals surface area contributed by atoms with Crippen molar-refractivity contribution in [3.63, 3.8) is 0 Å². The van der Waals surface area contributed by atoms with Gasteiger partial charge in [-0.2, -0.15) is 0 Å². The molecule has 2 rings (SSSR count). The first kappa shape index (κ1) is 12.1. The molecule has 0 aliphatic heterocycles. The zero-order valence-electron chi connectivity index (χ0n) is 9.23. The van der Waals surface area contributed by atoms with Gasteiger partial charge in [0.05, 0.1) is 5.92 Å². The zero-order chi connectivity index (χ0) is 12.4. The second kappa shape index (κ2) is 4.88. The molecule has 0 bridgehead atoms. The Bertz CT molecular complexity index is 438. The summed E-state index contributed by atoms with van der Waals surface area (Å²) in [6.45, 7) is 0. The molecule has 1 aliphatic carbocycles. The SMILES string of the molecule is O=C(O)[C@H]1CCC[C@@H]1C(=O)c1ccc(Cl)cc1. The Labute approximate surface area is 104 Å². The summed E-state index contributed by atoms with van der Waals surface area (Å²) in [5.74, 6) is -1.85. The van der Waals surface area contributed by atoms with Crippen LogP contribution in [-0.4, -0.2) is 16.9 Å². The lowest BCUT2D eigenvalue weighted by molar-refractivity contribution is -0.142. The minimum atomic E-state index is -0.866. The van der Waals surface area contributed by atoms with Crippen LogP contribution in [0.3, 0.4) is 0 Å². The number of rotatable bonds is 3. The highest BCUT2D eigenvalue weighted by molar-refractivity contribution is 6.30. The van der Waals surface area contributed by atoms with Gasteiger partial charge in [-0.3, -0.25) is 9.59 Å². The fraction of sp³-hybridized carbons (Fsp3) is 0.385. The molecule has 1 saturated carbocycles. The molecule has 4 heteroatoms. The van der Waals surface area contributed by atoms with E-state index in [4.69, 9.17) is 16.7 Å². The number of Topliss-reactive ketones (excluding diaryl/α,β-unsaturated/α-hetero) is 1. The van der Waals surface area contributed by atoms with Gasteiger partial charge in [0.15, 0.2) is 5.78 Å². The number of halogens is 1. The van der Waals surface area contributed by atoms with E-state index in [1.165, 1.54) is 0 Å². The van der Waals surface area contributed by atoms with E-state index >= 15 is 0 Å². The van der Waals surface area contributed by atoms with E-state index in [1.807, 2.05) is 0 Å². The minimum absolute atomic E-state index is 0.0773. The highest BCUT2D eigenvalue weighted by atomic mass is 35.5. The van der Waals surface area contributed by atoms with Crippen LogP contribution in [0.4, 0.5) is 0 Å². The summed E-state index contributed by atoms with van der Waals surface area (Å²) in [7, 11) is 0. The lowest BCUT2D eigenvalue weighted by atomic mass is 9.88. The van der Waals surface area contributed by atoms with Crippen molar-refractivity contribution in [2.75, 3.05) is 0 Å². The van der Waals surface area contributed by atoms with Crippen molar-refractivity contribution in [1.29, 1.82) is 0 Å². The predicted molar refractivity (Wildman–Crippen MR) is 64.2 cm³/mol. The Hall–Kier alpha value is -1.35. The van der Waals surface area contributed by atoms with Crippen LogP contribution in [0.25, 0.3) is 0 Å². The molecule has 1 aliphatic rings. The Balaban J connectivity index is 2.19. The summed E-state index contributed by atoms with van der Waals surface area (Å²) in [5, 5.41) is 9.62. The summed E-state index contributed by atoms with van der Waals surface area (Å²) in [4.78, 5) is 23.2. The van der Waals surface area contributed by atoms with Gasteiger partial charge < -0.3 is 5.11 Å². The van der Waals surface area contributed by atoms with Gasteiger partial charge in [-0.15, -0.1) is 0 Å². The summed E-state index contributed by atoms with van der Waals surface area (Å²) < 4.78 is 0. The normalized spacial score (nSPS) is 23.6. The van der Waals surface area contributed by atoms with Crippen molar-refractivity contribution >= 4 is 23.4 Å². The van der Waals surface area contributed by atoms with Crippen molar-refractivity contribution in [3.8, 4) is 0 Å². The van der Waals surface area contributed by atoms with Gasteiger partial charge in [-0.05, 0) is 37.1 Å². The topological polar surface area (TPSA) is 54.4 Å². The van der Waals surface area contributed by atoms with Crippen molar-refractivity contribution < 1.29 is 14.7 Å². The maximum Gasteiger partial charge on any atom is 0.307 e. The Morgan fingerprint density at radius 1 is 1.12 bits per heavy atom. The average molecular weight is 253 g/mol. The first-order chi connectivity index (χ1) is 8.09. The quantitative estimate of drug-likeness (QED) is 0.842. The number of carboxylic acid groups (broad SMARTS) is 1. The Morgan fingerprint density at radius 3 is 2.29 bits per heavy atom. The largest absolute Gasteiger partial charge is 0.481 e. The lowest BCUT2D eigenvalue weighted by Crippen LogP contribution is -2.25. The maximum absolute atomic E-state index is 12.2. The van der Waals surface area contributed by atoms with Gasteiger partial charge in [0, 0.05) is 16.5 Å². The molecule has 2 atom stereocenters. The predicted octanol–water partition coefficient (Wildman–Crippen LogP) is 3.02. The third-order valence-electron chi connectivity index (χ3n) is 3.30. The molecular weight excluding hydrogens is 240 g/mol. The first-order valence-electron chi connectivity index (χ1n) is 5.62. The second-order valence-corrected chi connectivity index (χ2v) is 4.79. The average Bonchev–Trinajstić information content (AvgIpc) is 2.78. The molecule has 0 spiro atoms. The molecule has 90 valence electrons. The molecule has 0 aromatic heterocycles. The van der Waals surface area contributed by atoms with Gasteiger partial charge >= 0.3 is 5.97 Å². The van der Waals surface area contributed by atoms with Crippen molar-refractivity contribution in [2.24, 2.45) is 11.8 Å². The fourth-order valence-corrected chi connectivity index (χ4v) is 2.52. The monoisotopic (exact) mass is 252 g/mol. The molecule has 3 nitrogen and oxygen atoms in total. The molecule has 0 radical (unpaired) electrons. The minimum Gasteiger partial charge on any atom is -0.481 e. The summed E-state index contributed by atoms with van der Waals surface area (Å²) >= 11 is 5.75. The van der Waals surface area contributed by atoms with E-state index in [-0.39, 0.29) is 11.7 Å². The zero-order valence-corrected chi connectivity index (χ0v) is 9.98. The molecule has 1 N–H and O–H groups in total. The number of benzene rings is 1. The van der Waals surface area contributed by atoms with Crippen LogP contribution in [0.1, 0.15) is 29.6 Å². The van der Waals surface area contributed by atoms with Crippen LogP contribution in [0, 0.1) is 11.8 Å². The third-order valence-corrected chi connectivity index (χ3v) is 3.55. The van der Waals surface area contributed by atoms with Gasteiger partial charge in [-0.1, -0.05) is 18.0 Å². The molecule has 0 heterocycles. The summed E-state index contributed by atoms with van der Waals surface area (Å²) in [5.41, 5.74) is 0.549. The van der Waals surface area contributed by atoms with Gasteiger partial charge in [0.25, 0.3) is 0 Å². The van der Waals surface area contributed by atoms with E-state index in [2.05, 4.69) is 0 Å². The van der Waals surface area contributed by atoms with E-state index in [0.29, 0.717) is 23.4 Å². The maximum atomic E-state index is 12.2. The van der Waals surface area contributed by atoms with Crippen LogP contribution >= 0.6 is 11.6 Å². The molecule has 1 fully saturated rings. The molecule has 0 amide bonds. The first-order valence-corrected chi connectivity index (χ1v) is 6.00. The van der Waals surface area contributed by atoms with E-state index in [1.54, 1.807) is 24.3 Å². The van der Waals surface area contributed by atoms with E-state index < -0.39 is 11.9 Å². The second-order valence-electron chi connectivity index (χ2n) is 4.35. The Kier molecular flexibility index (Phi) is 3.48. The van der Waals surface area contributed by atoms with Crippen molar-refractivity contribution in [2.45, 2.75) is 19.3 Å². The highest BCUT2D eigenvalue weighted by Gasteiger charge is 2.37. The van der Waals surface area contributed by atoms with Crippen LogP contribution in [-0.2, 0) is 4.79 Å². The summed E-state index contributed by atoms with van der Waals surface area (Å²) in [6.07, 6.45) is 2.07. The van der Waals surface area contributed by atoms with Crippen LogP contribution in [0.5, 0.6) is 0 Å². The number of hydrogen-bond donors (Lipinski definition) is 1. The molecule has 0 unspecified atom stereocenters. The molecular formula is C13H13ClO3. The van der Waals surface area contributed by atoms with Crippen LogP contribution in [0.15, 0.2) is 24.3 Å². The van der Waals surface area contributed by atoms with Gasteiger partial charge in [-0.25, -0.2) is 0 Å². The standard InChI is InChI=1S/C13H13ClO3/c14-9-6-4-8(5-7-9)12(15)10-2-1-3-11(10)13(16)17/h4-7,10-11H,1-3H2,(H,16,17)/t10-,11-/m0/s1. The molecule has 1 aromatic carbocycles. The molecule has 1 aromatic rings. The van der Waals surface area contributed by atoms with Gasteiger partial charge in [0.1, 0.15) is 0 Å².